The summed E-state index contributed by atoms with van der Waals surface area (Å²) in [6.45, 7) is 2.54. The maximum Gasteiger partial charge on any atom is 0.331 e. The van der Waals surface area contributed by atoms with Crippen LogP contribution >= 0.6 is 0 Å². The quantitative estimate of drug-likeness (QED) is 0.570. The minimum Gasteiger partial charge on any atom is -0.352 e. The lowest BCUT2D eigenvalue weighted by Gasteiger charge is -2.11. The van der Waals surface area contributed by atoms with Gasteiger partial charge in [0.25, 0.3) is 11.5 Å². The second kappa shape index (κ2) is 10.2. The normalized spacial score (nSPS) is 10.5. The molecule has 31 heavy (non-hydrogen) atoms. The van der Waals surface area contributed by atoms with Crippen LogP contribution in [0.5, 0.6) is 0 Å². The van der Waals surface area contributed by atoms with Gasteiger partial charge in [0.05, 0.1) is 6.54 Å². The highest BCUT2D eigenvalue weighted by Crippen LogP contribution is 2.04. The molecule has 0 radical (unpaired) electrons. The van der Waals surface area contributed by atoms with Gasteiger partial charge in [-0.05, 0) is 30.2 Å². The minimum absolute atomic E-state index is 0.159. The Kier molecular flexibility index (Phi) is 7.16. The lowest BCUT2D eigenvalue weighted by molar-refractivity contribution is -0.121. The van der Waals surface area contributed by atoms with E-state index < -0.39 is 17.2 Å². The highest BCUT2D eigenvalue weighted by atomic mass is 16.2. The average molecular weight is 420 g/mol. The summed E-state index contributed by atoms with van der Waals surface area (Å²) in [5, 5.41) is 5.41. The Labute approximate surface area is 179 Å². The zero-order valence-electron chi connectivity index (χ0n) is 17.2. The second-order valence-electron chi connectivity index (χ2n) is 6.97. The SMILES string of the molecule is CCNC(=O)c1ccc(CNC(=O)Cn2c(=O)ccn(Cc3ccccc3)c2=O)cc1. The number of hydrogen-bond donors (Lipinski definition) is 2. The third-order valence-electron chi connectivity index (χ3n) is 4.68. The fourth-order valence-corrected chi connectivity index (χ4v) is 3.04. The van der Waals surface area contributed by atoms with E-state index in [9.17, 15) is 19.2 Å². The van der Waals surface area contributed by atoms with Crippen molar-refractivity contribution in [1.82, 2.24) is 19.8 Å². The molecule has 8 nitrogen and oxygen atoms in total. The van der Waals surface area contributed by atoms with E-state index >= 15 is 0 Å². The van der Waals surface area contributed by atoms with Gasteiger partial charge in [-0.3, -0.25) is 23.5 Å². The Bertz CT molecular complexity index is 1160. The molecule has 0 aliphatic heterocycles. The highest BCUT2D eigenvalue weighted by molar-refractivity contribution is 5.94. The van der Waals surface area contributed by atoms with Crippen molar-refractivity contribution in [2.45, 2.75) is 26.6 Å². The minimum atomic E-state index is -0.544. The van der Waals surface area contributed by atoms with Crippen LogP contribution in [0.15, 0.2) is 76.4 Å². The number of nitrogens with zero attached hydrogens (tertiary/aromatic N) is 2. The Morgan fingerprint density at radius 3 is 2.26 bits per heavy atom. The van der Waals surface area contributed by atoms with E-state index in [4.69, 9.17) is 0 Å². The maximum absolute atomic E-state index is 12.7. The Morgan fingerprint density at radius 2 is 1.58 bits per heavy atom. The molecule has 160 valence electrons. The first-order valence-electron chi connectivity index (χ1n) is 9.96. The Hall–Kier alpha value is -3.94. The van der Waals surface area contributed by atoms with Gasteiger partial charge in [0.2, 0.25) is 5.91 Å². The molecule has 0 aliphatic carbocycles. The van der Waals surface area contributed by atoms with Crippen molar-refractivity contribution in [3.05, 3.63) is 104 Å². The zero-order valence-corrected chi connectivity index (χ0v) is 17.2. The standard InChI is InChI=1S/C23H24N4O4/c1-2-24-22(30)19-10-8-17(9-11-19)14-25-20(28)16-27-21(29)12-13-26(23(27)31)15-18-6-4-3-5-7-18/h3-13H,2,14-16H2,1H3,(H,24,30)(H,25,28). The molecule has 0 unspecified atom stereocenters. The summed E-state index contributed by atoms with van der Waals surface area (Å²) in [4.78, 5) is 48.9. The van der Waals surface area contributed by atoms with Gasteiger partial charge in [-0.2, -0.15) is 0 Å². The molecular formula is C23H24N4O4. The van der Waals surface area contributed by atoms with E-state index in [1.807, 2.05) is 37.3 Å². The first-order chi connectivity index (χ1) is 15.0. The van der Waals surface area contributed by atoms with Gasteiger partial charge in [0, 0.05) is 30.9 Å². The second-order valence-corrected chi connectivity index (χ2v) is 6.97. The van der Waals surface area contributed by atoms with Crippen LogP contribution in [0.3, 0.4) is 0 Å². The van der Waals surface area contributed by atoms with Gasteiger partial charge in [-0.15, -0.1) is 0 Å². The number of carbonyl (C=O) groups excluding carboxylic acids is 2. The third kappa shape index (κ3) is 5.79. The molecule has 0 saturated heterocycles. The number of amides is 2. The van der Waals surface area contributed by atoms with E-state index in [0.29, 0.717) is 18.7 Å². The molecule has 3 aromatic rings. The fourth-order valence-electron chi connectivity index (χ4n) is 3.04. The van der Waals surface area contributed by atoms with E-state index in [1.165, 1.54) is 16.8 Å². The van der Waals surface area contributed by atoms with Crippen molar-refractivity contribution in [3.8, 4) is 0 Å². The van der Waals surface area contributed by atoms with Crippen molar-refractivity contribution in [2.24, 2.45) is 0 Å². The van der Waals surface area contributed by atoms with Gasteiger partial charge >= 0.3 is 5.69 Å². The molecular weight excluding hydrogens is 396 g/mol. The topological polar surface area (TPSA) is 102 Å². The molecule has 2 aromatic carbocycles. The molecule has 2 amide bonds. The first-order valence-corrected chi connectivity index (χ1v) is 9.96. The van der Waals surface area contributed by atoms with Gasteiger partial charge in [0.15, 0.2) is 0 Å². The van der Waals surface area contributed by atoms with Gasteiger partial charge in [-0.25, -0.2) is 4.79 Å². The van der Waals surface area contributed by atoms with Crippen molar-refractivity contribution in [2.75, 3.05) is 6.54 Å². The van der Waals surface area contributed by atoms with Gasteiger partial charge in [-0.1, -0.05) is 42.5 Å². The molecule has 0 atom stereocenters. The largest absolute Gasteiger partial charge is 0.352 e. The fraction of sp³-hybridized carbons (Fsp3) is 0.217. The molecule has 0 spiro atoms. The molecule has 0 bridgehead atoms. The summed E-state index contributed by atoms with van der Waals surface area (Å²) in [5.74, 6) is -0.613. The van der Waals surface area contributed by atoms with Gasteiger partial charge < -0.3 is 10.6 Å². The van der Waals surface area contributed by atoms with Crippen molar-refractivity contribution >= 4 is 11.8 Å². The van der Waals surface area contributed by atoms with Crippen LogP contribution in [0.4, 0.5) is 0 Å². The molecule has 0 fully saturated rings. The summed E-state index contributed by atoms with van der Waals surface area (Å²) in [6.07, 6.45) is 1.43. The monoisotopic (exact) mass is 420 g/mol. The Balaban J connectivity index is 1.64. The van der Waals surface area contributed by atoms with E-state index in [0.717, 1.165) is 15.7 Å². The summed E-state index contributed by atoms with van der Waals surface area (Å²) in [5.41, 5.74) is 1.17. The van der Waals surface area contributed by atoms with Crippen LogP contribution in [-0.2, 0) is 24.4 Å². The van der Waals surface area contributed by atoms with Crippen LogP contribution in [-0.4, -0.2) is 27.5 Å². The molecule has 0 aliphatic rings. The highest BCUT2D eigenvalue weighted by Gasteiger charge is 2.11. The number of hydrogen-bond acceptors (Lipinski definition) is 4. The summed E-state index contributed by atoms with van der Waals surface area (Å²) >= 11 is 0. The third-order valence-corrected chi connectivity index (χ3v) is 4.68. The van der Waals surface area contributed by atoms with E-state index in [-0.39, 0.29) is 19.0 Å². The van der Waals surface area contributed by atoms with Crippen molar-refractivity contribution in [3.63, 3.8) is 0 Å². The Morgan fingerprint density at radius 1 is 0.871 bits per heavy atom. The molecule has 1 aromatic heterocycles. The van der Waals surface area contributed by atoms with E-state index in [2.05, 4.69) is 10.6 Å². The maximum atomic E-state index is 12.7. The molecule has 3 rings (SSSR count). The first kappa shape index (κ1) is 21.8. The smallest absolute Gasteiger partial charge is 0.331 e. The van der Waals surface area contributed by atoms with Crippen LogP contribution in [0.25, 0.3) is 0 Å². The lowest BCUT2D eigenvalue weighted by Crippen LogP contribution is -2.43. The number of aromatic nitrogens is 2. The van der Waals surface area contributed by atoms with E-state index in [1.54, 1.807) is 24.3 Å². The molecule has 1 heterocycles. The summed E-state index contributed by atoms with van der Waals surface area (Å²) in [7, 11) is 0. The summed E-state index contributed by atoms with van der Waals surface area (Å²) < 4.78 is 2.31. The number of nitrogens with one attached hydrogen (secondary N) is 2. The van der Waals surface area contributed by atoms with Gasteiger partial charge in [0.1, 0.15) is 6.54 Å². The predicted octanol–water partition coefficient (Wildman–Crippen LogP) is 1.12. The van der Waals surface area contributed by atoms with Crippen LogP contribution in [0.1, 0.15) is 28.4 Å². The zero-order chi connectivity index (χ0) is 22.2. The van der Waals surface area contributed by atoms with Crippen LogP contribution < -0.4 is 21.9 Å². The average Bonchev–Trinajstić information content (AvgIpc) is 2.78. The predicted molar refractivity (Wildman–Crippen MR) is 117 cm³/mol. The van der Waals surface area contributed by atoms with Crippen LogP contribution in [0, 0.1) is 0 Å². The molecule has 2 N–H and O–H groups in total. The van der Waals surface area contributed by atoms with Crippen molar-refractivity contribution < 1.29 is 9.59 Å². The number of carbonyl (C=O) groups is 2. The van der Waals surface area contributed by atoms with Crippen LogP contribution in [0.2, 0.25) is 0 Å². The lowest BCUT2D eigenvalue weighted by atomic mass is 10.1. The molecule has 8 heteroatoms. The van der Waals surface area contributed by atoms with Crippen molar-refractivity contribution in [1.29, 1.82) is 0 Å². The molecule has 0 saturated carbocycles. The number of benzene rings is 2. The summed E-state index contributed by atoms with van der Waals surface area (Å²) in [6, 6.07) is 17.5. The number of rotatable bonds is 8.